The summed E-state index contributed by atoms with van der Waals surface area (Å²) in [6.45, 7) is 20.4. The Labute approximate surface area is 311 Å². The molecule has 2 aromatic heterocycles. The van der Waals surface area contributed by atoms with Gasteiger partial charge in [0.2, 0.25) is 0 Å². The molecule has 5 heterocycles. The number of aromatic nitrogens is 2. The van der Waals surface area contributed by atoms with Gasteiger partial charge < -0.3 is 28.3 Å². The van der Waals surface area contributed by atoms with E-state index in [0.29, 0.717) is 18.1 Å². The Bertz CT molecular complexity index is 1570. The average Bonchev–Trinajstić information content (AvgIpc) is 3.23. The van der Waals surface area contributed by atoms with Crippen LogP contribution in [0.25, 0.3) is 5.76 Å². The van der Waals surface area contributed by atoms with E-state index in [1.807, 2.05) is 6.08 Å². The van der Waals surface area contributed by atoms with Crippen molar-refractivity contribution in [2.45, 2.75) is 117 Å². The van der Waals surface area contributed by atoms with Gasteiger partial charge in [-0.1, -0.05) is 34.8 Å². The molecule has 3 aliphatic heterocycles. The summed E-state index contributed by atoms with van der Waals surface area (Å²) >= 11 is 17.4. The van der Waals surface area contributed by atoms with Crippen LogP contribution in [-0.2, 0) is 28.3 Å². The molecule has 1 saturated heterocycles. The van der Waals surface area contributed by atoms with Crippen LogP contribution in [0, 0.1) is 0 Å². The second kappa shape index (κ2) is 17.1. The lowest BCUT2D eigenvalue weighted by Crippen LogP contribution is -2.41. The predicted octanol–water partition coefficient (Wildman–Crippen LogP) is 9.50. The number of esters is 2. The van der Waals surface area contributed by atoms with Crippen molar-refractivity contribution < 1.29 is 37.8 Å². The Balaban J connectivity index is 0.000000206. The number of ether oxygens (including phenoxy) is 4. The number of carbonyl (C=O) groups is 2. The number of nitrogens with zero attached hydrogens (tertiary/aromatic N) is 2. The molecule has 10 nitrogen and oxygen atoms in total. The first-order valence-electron chi connectivity index (χ1n) is 16.6. The highest BCUT2D eigenvalue weighted by Crippen LogP contribution is 2.39. The summed E-state index contributed by atoms with van der Waals surface area (Å²) in [4.78, 5) is 31.6. The van der Waals surface area contributed by atoms with Crippen LogP contribution in [0.3, 0.4) is 0 Å². The molecule has 14 heteroatoms. The third-order valence-corrected chi connectivity index (χ3v) is 8.32. The Morgan fingerprint density at radius 1 is 0.720 bits per heavy atom. The fourth-order valence-corrected chi connectivity index (χ4v) is 5.04. The van der Waals surface area contributed by atoms with Crippen molar-refractivity contribution in [2.24, 2.45) is 0 Å². The van der Waals surface area contributed by atoms with E-state index in [1.165, 1.54) is 12.1 Å². The first-order chi connectivity index (χ1) is 23.1. The summed E-state index contributed by atoms with van der Waals surface area (Å²) in [6, 6.07) is 6.33. The first kappa shape index (κ1) is 41.6. The summed E-state index contributed by atoms with van der Waals surface area (Å²) in [5.41, 5.74) is 0.298. The molecule has 50 heavy (non-hydrogen) atoms. The van der Waals surface area contributed by atoms with E-state index in [-0.39, 0.29) is 44.9 Å². The van der Waals surface area contributed by atoms with Crippen LogP contribution in [0.5, 0.6) is 0 Å². The van der Waals surface area contributed by atoms with Crippen molar-refractivity contribution in [1.29, 1.82) is 0 Å². The largest absolute Gasteiger partial charge is 0.531 e. The third-order valence-electron chi connectivity index (χ3n) is 7.54. The molecule has 0 saturated carbocycles. The highest BCUT2D eigenvalue weighted by Gasteiger charge is 2.53. The molecule has 5 rings (SSSR count). The third kappa shape index (κ3) is 12.4. The van der Waals surface area contributed by atoms with Gasteiger partial charge in [-0.15, -0.1) is 0 Å². The van der Waals surface area contributed by atoms with Crippen molar-refractivity contribution in [3.63, 3.8) is 0 Å². The number of hydrogen-bond acceptors (Lipinski definition) is 10. The lowest BCUT2D eigenvalue weighted by atomic mass is 9.85. The minimum Gasteiger partial charge on any atom is -0.502 e. The zero-order chi connectivity index (χ0) is 37.5. The van der Waals surface area contributed by atoms with Gasteiger partial charge in [-0.05, 0) is 131 Å². The van der Waals surface area contributed by atoms with Crippen molar-refractivity contribution in [2.75, 3.05) is 13.2 Å². The minimum atomic E-state index is -0.561. The minimum absolute atomic E-state index is 0.0525. The lowest BCUT2D eigenvalue weighted by Gasteiger charge is -2.32. The summed E-state index contributed by atoms with van der Waals surface area (Å²) in [7, 11) is -0.324. The molecular weight excluding hydrogens is 706 g/mol. The number of rotatable bonds is 4. The molecule has 0 amide bonds. The van der Waals surface area contributed by atoms with E-state index in [9.17, 15) is 9.59 Å². The van der Waals surface area contributed by atoms with Crippen LogP contribution in [0.1, 0.15) is 121 Å². The molecule has 0 unspecified atom stereocenters. The molecule has 274 valence electrons. The molecule has 0 aliphatic carbocycles. The van der Waals surface area contributed by atoms with Crippen molar-refractivity contribution in [3.05, 3.63) is 74.4 Å². The van der Waals surface area contributed by atoms with Crippen LogP contribution in [0.2, 0.25) is 15.5 Å². The van der Waals surface area contributed by atoms with E-state index in [2.05, 4.69) is 43.7 Å². The average molecular weight is 754 g/mol. The second-order valence-electron chi connectivity index (χ2n) is 14.8. The van der Waals surface area contributed by atoms with E-state index >= 15 is 0 Å². The van der Waals surface area contributed by atoms with Crippen LogP contribution >= 0.6 is 34.8 Å². The van der Waals surface area contributed by atoms with Crippen molar-refractivity contribution in [1.82, 2.24) is 9.97 Å². The molecule has 0 N–H and O–H groups in total. The fraction of sp³-hybridized carbons (Fsp3) is 0.556. The Morgan fingerprint density at radius 2 is 1.20 bits per heavy atom. The molecule has 0 aromatic carbocycles. The molecule has 0 spiro atoms. The number of hydrogen-bond donors (Lipinski definition) is 0. The van der Waals surface area contributed by atoms with Gasteiger partial charge in [0, 0.05) is 0 Å². The summed E-state index contributed by atoms with van der Waals surface area (Å²) in [6.07, 6.45) is 8.17. The normalized spacial score (nSPS) is 18.1. The zero-order valence-electron chi connectivity index (χ0n) is 30.6. The maximum Gasteiger partial charge on any atom is 0.531 e. The first-order valence-corrected chi connectivity index (χ1v) is 17.7. The maximum atomic E-state index is 12.0. The van der Waals surface area contributed by atoms with Gasteiger partial charge in [-0.3, -0.25) is 0 Å². The number of allylic oxidation sites excluding steroid dienone is 2. The Hall–Kier alpha value is -2.83. The fourth-order valence-electron chi connectivity index (χ4n) is 4.39. The summed E-state index contributed by atoms with van der Waals surface area (Å²) < 4.78 is 33.3. The molecule has 0 radical (unpaired) electrons. The lowest BCUT2D eigenvalue weighted by molar-refractivity contribution is 0.00566. The van der Waals surface area contributed by atoms with E-state index in [0.717, 1.165) is 37.9 Å². The Morgan fingerprint density at radius 3 is 1.62 bits per heavy atom. The SMILES string of the molecule is CC(C)(C)OC(=O)c1ccc(C2=CCCCO2)nc1Cl.CC(C)(C)OC(=O)c1ccc(Cl)nc1Cl.CC1(C)OB(C2=CCCCO2)OC1(C)C. The molecule has 1 fully saturated rings. The molecular formula is C36H48BCl3N2O8. The van der Waals surface area contributed by atoms with Gasteiger partial charge in [0.1, 0.15) is 43.8 Å². The van der Waals surface area contributed by atoms with Gasteiger partial charge in [-0.25, -0.2) is 19.6 Å². The standard InChI is InChI=1S/C15H18ClNO3.C11H19BO3.C10H11Cl2NO2/c1-15(2,3)20-14(18)10-7-8-11(17-13(10)16)12-6-4-5-9-19-12;1-10(2)11(3,4)15-12(14-10)9-7-5-6-8-13-9;1-10(2,3)15-9(14)6-4-5-7(11)13-8(6)12/h6-8H,4-5,9H2,1-3H3;7H,5-6,8H2,1-4H3;4-5H,1-3H3. The smallest absolute Gasteiger partial charge is 0.502 e. The van der Waals surface area contributed by atoms with Gasteiger partial charge in [0.05, 0.1) is 35.5 Å². The predicted molar refractivity (Wildman–Crippen MR) is 196 cm³/mol. The van der Waals surface area contributed by atoms with E-state index < -0.39 is 23.1 Å². The second-order valence-corrected chi connectivity index (χ2v) is 15.9. The molecule has 0 atom stereocenters. The van der Waals surface area contributed by atoms with Gasteiger partial charge >= 0.3 is 19.1 Å². The molecule has 3 aliphatic rings. The van der Waals surface area contributed by atoms with Crippen LogP contribution < -0.4 is 0 Å². The quantitative estimate of drug-likeness (QED) is 0.170. The van der Waals surface area contributed by atoms with Crippen molar-refractivity contribution >= 4 is 59.6 Å². The van der Waals surface area contributed by atoms with E-state index in [1.54, 1.807) is 53.7 Å². The van der Waals surface area contributed by atoms with Gasteiger partial charge in [0.25, 0.3) is 0 Å². The van der Waals surface area contributed by atoms with Crippen LogP contribution in [0.15, 0.2) is 42.1 Å². The summed E-state index contributed by atoms with van der Waals surface area (Å²) in [5, 5.41) is 0.427. The number of pyridine rings is 2. The van der Waals surface area contributed by atoms with Crippen LogP contribution in [0.4, 0.5) is 0 Å². The van der Waals surface area contributed by atoms with Gasteiger partial charge in [0.15, 0.2) is 0 Å². The maximum absolute atomic E-state index is 12.0. The highest BCUT2D eigenvalue weighted by atomic mass is 35.5. The van der Waals surface area contributed by atoms with Gasteiger partial charge in [-0.2, -0.15) is 0 Å². The monoisotopic (exact) mass is 752 g/mol. The molecule has 0 bridgehead atoms. The summed E-state index contributed by atoms with van der Waals surface area (Å²) in [5.74, 6) is -0.259. The van der Waals surface area contributed by atoms with Crippen molar-refractivity contribution in [3.8, 4) is 0 Å². The topological polar surface area (TPSA) is 115 Å². The molecule has 2 aromatic rings. The van der Waals surface area contributed by atoms with E-state index in [4.69, 9.17) is 63.1 Å². The Kier molecular flexibility index (Phi) is 14.2. The zero-order valence-corrected chi connectivity index (χ0v) is 32.8. The highest BCUT2D eigenvalue weighted by molar-refractivity contribution is 6.53. The number of carbonyl (C=O) groups excluding carboxylic acids is 2. The number of halogens is 3. The van der Waals surface area contributed by atoms with Crippen LogP contribution in [-0.4, -0.2) is 64.6 Å².